The molecule has 0 unspecified atom stereocenters. The minimum absolute atomic E-state index is 0.0856. The van der Waals surface area contributed by atoms with Crippen molar-refractivity contribution in [3.63, 3.8) is 0 Å². The molecule has 0 saturated carbocycles. The largest absolute Gasteiger partial charge is 0.385 e. The Kier molecular flexibility index (Phi) is 11.5. The van der Waals surface area contributed by atoms with Gasteiger partial charge in [0.25, 0.3) is 20.0 Å². The van der Waals surface area contributed by atoms with Crippen LogP contribution in [0.4, 0.5) is 5.69 Å². The van der Waals surface area contributed by atoms with Gasteiger partial charge in [0.1, 0.15) is 0 Å². The van der Waals surface area contributed by atoms with Crippen LogP contribution >= 0.6 is 0 Å². The monoisotopic (exact) mass is 555 g/mol. The molecular formula is C29H37N3O4S2. The van der Waals surface area contributed by atoms with Gasteiger partial charge in [-0.05, 0) is 67.1 Å². The lowest BCUT2D eigenvalue weighted by molar-refractivity contribution is 0.569. The van der Waals surface area contributed by atoms with Gasteiger partial charge in [0.15, 0.2) is 0 Å². The van der Waals surface area contributed by atoms with E-state index in [0.717, 1.165) is 18.7 Å². The fourth-order valence-electron chi connectivity index (χ4n) is 3.96. The summed E-state index contributed by atoms with van der Waals surface area (Å²) in [6, 6.07) is 14.4. The lowest BCUT2D eigenvalue weighted by atomic mass is 10.1. The third-order valence-electron chi connectivity index (χ3n) is 6.10. The third-order valence-corrected chi connectivity index (χ3v) is 8.74. The Bertz CT molecular complexity index is 1340. The molecule has 3 rings (SSSR count). The van der Waals surface area contributed by atoms with E-state index in [1.807, 2.05) is 0 Å². The quantitative estimate of drug-likeness (QED) is 0.194. The number of sulfonamides is 2. The van der Waals surface area contributed by atoms with Crippen molar-refractivity contribution in [1.82, 2.24) is 0 Å². The van der Waals surface area contributed by atoms with Gasteiger partial charge < -0.3 is 5.32 Å². The third kappa shape index (κ3) is 9.68. The van der Waals surface area contributed by atoms with Gasteiger partial charge in [-0.15, -0.1) is 0 Å². The molecule has 204 valence electrons. The number of nitrogens with zero attached hydrogens (tertiary/aromatic N) is 2. The zero-order chi connectivity index (χ0) is 27.3. The summed E-state index contributed by atoms with van der Waals surface area (Å²) in [6.07, 6.45) is 17.2. The van der Waals surface area contributed by atoms with Crippen LogP contribution in [0, 0.1) is 0 Å². The molecule has 0 amide bonds. The van der Waals surface area contributed by atoms with Crippen molar-refractivity contribution in [3.05, 3.63) is 78.9 Å². The van der Waals surface area contributed by atoms with Gasteiger partial charge >= 0.3 is 0 Å². The van der Waals surface area contributed by atoms with Crippen molar-refractivity contribution in [3.8, 4) is 0 Å². The van der Waals surface area contributed by atoms with Gasteiger partial charge in [0, 0.05) is 12.2 Å². The first-order valence-corrected chi connectivity index (χ1v) is 16.1. The average Bonchev–Trinajstić information content (AvgIpc) is 2.91. The molecular weight excluding hydrogens is 518 g/mol. The van der Waals surface area contributed by atoms with Crippen molar-refractivity contribution in [2.75, 3.05) is 11.9 Å². The second-order valence-electron chi connectivity index (χ2n) is 9.24. The summed E-state index contributed by atoms with van der Waals surface area (Å²) in [7, 11) is -7.77. The van der Waals surface area contributed by atoms with Crippen molar-refractivity contribution >= 4 is 37.2 Å². The molecule has 1 aliphatic carbocycles. The maximum absolute atomic E-state index is 12.7. The zero-order valence-corrected chi connectivity index (χ0v) is 23.6. The SMILES string of the molecule is CCCCCCCCCCCNc1ccc(S(=O)(=O)N=C2C=CC(=NS(=O)(=O)c3ccccc3)C=C2)cc1. The minimum Gasteiger partial charge on any atom is -0.385 e. The summed E-state index contributed by atoms with van der Waals surface area (Å²) in [5, 5.41) is 3.34. The van der Waals surface area contributed by atoms with Gasteiger partial charge in [-0.3, -0.25) is 0 Å². The van der Waals surface area contributed by atoms with E-state index in [2.05, 4.69) is 21.0 Å². The molecule has 0 aliphatic heterocycles. The maximum Gasteiger partial charge on any atom is 0.282 e. The first-order chi connectivity index (χ1) is 18.3. The normalized spacial score (nSPS) is 13.5. The Morgan fingerprint density at radius 3 is 1.53 bits per heavy atom. The van der Waals surface area contributed by atoms with Crippen molar-refractivity contribution in [2.45, 2.75) is 74.5 Å². The topological polar surface area (TPSA) is 105 Å². The molecule has 2 aromatic rings. The molecule has 0 aromatic heterocycles. The molecule has 0 heterocycles. The number of rotatable bonds is 15. The van der Waals surface area contributed by atoms with Gasteiger partial charge in [-0.25, -0.2) is 0 Å². The van der Waals surface area contributed by atoms with Gasteiger partial charge in [-0.1, -0.05) is 76.5 Å². The molecule has 7 nitrogen and oxygen atoms in total. The summed E-state index contributed by atoms with van der Waals surface area (Å²) in [6.45, 7) is 3.09. The molecule has 0 radical (unpaired) electrons. The van der Waals surface area contributed by atoms with E-state index in [-0.39, 0.29) is 21.2 Å². The van der Waals surface area contributed by atoms with Crippen LogP contribution in [-0.2, 0) is 20.0 Å². The van der Waals surface area contributed by atoms with E-state index >= 15 is 0 Å². The molecule has 0 saturated heterocycles. The molecule has 0 bridgehead atoms. The highest BCUT2D eigenvalue weighted by molar-refractivity contribution is 7.90. The second kappa shape index (κ2) is 14.8. The molecule has 0 spiro atoms. The highest BCUT2D eigenvalue weighted by atomic mass is 32.2. The second-order valence-corrected chi connectivity index (χ2v) is 12.4. The van der Waals surface area contributed by atoms with E-state index in [0.29, 0.717) is 0 Å². The molecule has 9 heteroatoms. The molecule has 0 atom stereocenters. The summed E-state index contributed by atoms with van der Waals surface area (Å²) < 4.78 is 58.0. The molecule has 38 heavy (non-hydrogen) atoms. The van der Waals surface area contributed by atoms with Crippen LogP contribution in [0.1, 0.15) is 64.7 Å². The van der Waals surface area contributed by atoms with Crippen LogP contribution in [-0.4, -0.2) is 34.8 Å². The van der Waals surface area contributed by atoms with Crippen LogP contribution in [0.2, 0.25) is 0 Å². The summed E-state index contributed by atoms with van der Waals surface area (Å²) in [5.74, 6) is 0. The summed E-state index contributed by atoms with van der Waals surface area (Å²) in [5.41, 5.74) is 1.25. The van der Waals surface area contributed by atoms with Crippen LogP contribution in [0.5, 0.6) is 0 Å². The number of benzene rings is 2. The van der Waals surface area contributed by atoms with Crippen LogP contribution in [0.15, 0.2) is 97.5 Å². The van der Waals surface area contributed by atoms with E-state index in [9.17, 15) is 16.8 Å². The highest BCUT2D eigenvalue weighted by Crippen LogP contribution is 2.18. The van der Waals surface area contributed by atoms with E-state index in [1.165, 1.54) is 99.9 Å². The molecule has 2 aromatic carbocycles. The smallest absolute Gasteiger partial charge is 0.282 e. The minimum atomic E-state index is -3.92. The number of hydrogen-bond donors (Lipinski definition) is 1. The summed E-state index contributed by atoms with van der Waals surface area (Å²) >= 11 is 0. The molecule has 1 aliphatic rings. The fourth-order valence-corrected chi connectivity index (χ4v) is 5.95. The predicted molar refractivity (Wildman–Crippen MR) is 156 cm³/mol. The first kappa shape index (κ1) is 29.5. The number of unbranched alkanes of at least 4 members (excludes halogenated alkanes) is 8. The first-order valence-electron chi connectivity index (χ1n) is 13.3. The maximum atomic E-state index is 12.7. The van der Waals surface area contributed by atoms with Gasteiger partial charge in [0.05, 0.1) is 21.2 Å². The zero-order valence-electron chi connectivity index (χ0n) is 21.9. The lowest BCUT2D eigenvalue weighted by Crippen LogP contribution is -2.07. The lowest BCUT2D eigenvalue weighted by Gasteiger charge is -2.08. The van der Waals surface area contributed by atoms with E-state index in [1.54, 1.807) is 30.3 Å². The predicted octanol–water partition coefficient (Wildman–Crippen LogP) is 6.71. The van der Waals surface area contributed by atoms with E-state index in [4.69, 9.17) is 0 Å². The Hall–Kier alpha value is -3.04. The fraction of sp³-hybridized carbons (Fsp3) is 0.379. The van der Waals surface area contributed by atoms with Crippen LogP contribution in [0.3, 0.4) is 0 Å². The van der Waals surface area contributed by atoms with Crippen molar-refractivity contribution < 1.29 is 16.8 Å². The van der Waals surface area contributed by atoms with Gasteiger partial charge in [-0.2, -0.15) is 25.6 Å². The number of hydrogen-bond acceptors (Lipinski definition) is 5. The van der Waals surface area contributed by atoms with Crippen LogP contribution < -0.4 is 5.32 Å². The number of allylic oxidation sites excluding steroid dienone is 4. The van der Waals surface area contributed by atoms with Crippen molar-refractivity contribution in [2.24, 2.45) is 8.80 Å². The average molecular weight is 556 g/mol. The van der Waals surface area contributed by atoms with Crippen LogP contribution in [0.25, 0.3) is 0 Å². The Labute approximate surface area is 227 Å². The highest BCUT2D eigenvalue weighted by Gasteiger charge is 2.16. The molecule has 0 fully saturated rings. The Morgan fingerprint density at radius 1 is 0.579 bits per heavy atom. The van der Waals surface area contributed by atoms with E-state index < -0.39 is 20.0 Å². The molecule has 1 N–H and O–H groups in total. The van der Waals surface area contributed by atoms with Gasteiger partial charge in [0.2, 0.25) is 0 Å². The standard InChI is InChI=1S/C29H37N3O4S2/c1-2-3-4-5-6-7-8-9-13-24-30-25-20-22-29(23-21-25)38(35,36)32-27-18-16-26(17-19-27)31-37(33,34)28-14-11-10-12-15-28/h10-12,14-23,30H,2-9,13,24H2,1H3. The number of nitrogens with one attached hydrogen (secondary N) is 1. The number of anilines is 1. The van der Waals surface area contributed by atoms with Crippen molar-refractivity contribution in [1.29, 1.82) is 0 Å². The Balaban J connectivity index is 1.48. The Morgan fingerprint density at radius 2 is 1.03 bits per heavy atom. The summed E-state index contributed by atoms with van der Waals surface area (Å²) in [4.78, 5) is 0.175.